The van der Waals surface area contributed by atoms with Gasteiger partial charge in [-0.1, -0.05) is 0 Å². The van der Waals surface area contributed by atoms with Crippen LogP contribution >= 0.6 is 0 Å². The topological polar surface area (TPSA) is 77.4 Å². The molecule has 0 aliphatic carbocycles. The molecule has 0 aliphatic rings. The van der Waals surface area contributed by atoms with Gasteiger partial charge in [0.15, 0.2) is 0 Å². The number of nitrogens with zero attached hydrogens (tertiary/aromatic N) is 3. The maximum absolute atomic E-state index is 8.87. The zero-order chi connectivity index (χ0) is 16.4. The van der Waals surface area contributed by atoms with E-state index in [1.54, 1.807) is 24.5 Å². The summed E-state index contributed by atoms with van der Waals surface area (Å²) >= 11 is 0. The Balaban J connectivity index is 1.71. The number of hydrogen-bond donors (Lipinski definition) is 2. The van der Waals surface area contributed by atoms with Gasteiger partial charge in [0.05, 0.1) is 17.1 Å². The van der Waals surface area contributed by atoms with Crippen molar-refractivity contribution in [3.8, 4) is 17.3 Å². The van der Waals surface area contributed by atoms with Gasteiger partial charge in [-0.15, -0.1) is 0 Å². The predicted molar refractivity (Wildman–Crippen MR) is 93.8 cm³/mol. The summed E-state index contributed by atoms with van der Waals surface area (Å²) in [5.74, 6) is 0. The van der Waals surface area contributed by atoms with E-state index < -0.39 is 0 Å². The number of hydrogen-bond acceptors (Lipinski definition) is 4. The lowest BCUT2D eigenvalue weighted by molar-refractivity contribution is 1.12. The van der Waals surface area contributed by atoms with Crippen molar-refractivity contribution >= 4 is 22.3 Å². The first kappa shape index (κ1) is 14.0. The number of aromatic amines is 1. The van der Waals surface area contributed by atoms with E-state index in [1.165, 1.54) is 0 Å². The van der Waals surface area contributed by atoms with Crippen molar-refractivity contribution in [3.63, 3.8) is 0 Å². The number of anilines is 2. The average molecular weight is 311 g/mol. The maximum Gasteiger partial charge on any atom is 0.100 e. The van der Waals surface area contributed by atoms with Gasteiger partial charge in [-0.3, -0.25) is 10.1 Å². The van der Waals surface area contributed by atoms with Crippen LogP contribution in [0.3, 0.4) is 0 Å². The molecule has 4 aromatic rings. The summed E-state index contributed by atoms with van der Waals surface area (Å²) in [6.07, 6.45) is 3.52. The van der Waals surface area contributed by atoms with E-state index in [9.17, 15) is 0 Å². The Bertz CT molecular complexity index is 1030. The van der Waals surface area contributed by atoms with Gasteiger partial charge in [-0.05, 0) is 54.6 Å². The number of nitriles is 1. The van der Waals surface area contributed by atoms with Gasteiger partial charge < -0.3 is 5.32 Å². The van der Waals surface area contributed by atoms with Crippen LogP contribution < -0.4 is 5.32 Å². The van der Waals surface area contributed by atoms with E-state index in [2.05, 4.69) is 32.6 Å². The predicted octanol–water partition coefficient (Wildman–Crippen LogP) is 4.24. The molecular weight excluding hydrogens is 298 g/mol. The molecule has 0 aliphatic heterocycles. The fourth-order valence-corrected chi connectivity index (χ4v) is 2.62. The largest absolute Gasteiger partial charge is 0.356 e. The van der Waals surface area contributed by atoms with Crippen molar-refractivity contribution in [1.82, 2.24) is 15.2 Å². The zero-order valence-electron chi connectivity index (χ0n) is 12.7. The summed E-state index contributed by atoms with van der Waals surface area (Å²) in [4.78, 5) is 4.05. The second-order valence-electron chi connectivity index (χ2n) is 5.38. The molecule has 114 valence electrons. The highest BCUT2D eigenvalue weighted by Crippen LogP contribution is 2.29. The van der Waals surface area contributed by atoms with Crippen molar-refractivity contribution in [1.29, 1.82) is 5.26 Å². The lowest BCUT2D eigenvalue weighted by Crippen LogP contribution is -1.90. The molecule has 0 saturated heterocycles. The van der Waals surface area contributed by atoms with Crippen LogP contribution in [-0.4, -0.2) is 15.2 Å². The Morgan fingerprint density at radius 1 is 0.917 bits per heavy atom. The first-order valence-corrected chi connectivity index (χ1v) is 7.49. The van der Waals surface area contributed by atoms with E-state index in [1.807, 2.05) is 36.4 Å². The highest BCUT2D eigenvalue weighted by atomic mass is 15.1. The summed E-state index contributed by atoms with van der Waals surface area (Å²) in [5.41, 5.74) is 5.44. The van der Waals surface area contributed by atoms with Crippen molar-refractivity contribution < 1.29 is 0 Å². The molecule has 0 fully saturated rings. The number of nitrogens with one attached hydrogen (secondary N) is 2. The summed E-state index contributed by atoms with van der Waals surface area (Å²) < 4.78 is 0. The number of benzene rings is 2. The van der Waals surface area contributed by atoms with Gasteiger partial charge in [0.2, 0.25) is 0 Å². The molecule has 2 aromatic carbocycles. The molecule has 24 heavy (non-hydrogen) atoms. The molecule has 0 amide bonds. The standard InChI is InChI=1S/C19H13N5/c20-12-13-1-3-15(4-2-13)22-16-5-6-18-17(11-16)19(24-23-18)14-7-9-21-10-8-14/h1-11,22H,(H,23,24). The second kappa shape index (κ2) is 5.86. The SMILES string of the molecule is N#Cc1ccc(Nc2ccc3[nH]nc(-c4ccncc4)c3c2)cc1. The summed E-state index contributed by atoms with van der Waals surface area (Å²) in [7, 11) is 0. The summed E-state index contributed by atoms with van der Waals surface area (Å²) in [5, 5.41) is 20.7. The Hall–Kier alpha value is -3.65. The van der Waals surface area contributed by atoms with Crippen LogP contribution in [-0.2, 0) is 0 Å². The van der Waals surface area contributed by atoms with Gasteiger partial charge >= 0.3 is 0 Å². The average Bonchev–Trinajstić information content (AvgIpc) is 3.06. The highest BCUT2D eigenvalue weighted by molar-refractivity contribution is 5.95. The minimum atomic E-state index is 0.644. The van der Waals surface area contributed by atoms with Crippen LogP contribution in [0.1, 0.15) is 5.56 Å². The normalized spacial score (nSPS) is 10.5. The van der Waals surface area contributed by atoms with Gasteiger partial charge in [-0.2, -0.15) is 10.4 Å². The molecule has 0 atom stereocenters. The van der Waals surface area contributed by atoms with Gasteiger partial charge in [-0.25, -0.2) is 0 Å². The van der Waals surface area contributed by atoms with E-state index in [-0.39, 0.29) is 0 Å². The monoisotopic (exact) mass is 311 g/mol. The van der Waals surface area contributed by atoms with Crippen molar-refractivity contribution in [2.45, 2.75) is 0 Å². The van der Waals surface area contributed by atoms with Crippen LogP contribution in [0.5, 0.6) is 0 Å². The quantitative estimate of drug-likeness (QED) is 0.593. The third kappa shape index (κ3) is 2.57. The minimum absolute atomic E-state index is 0.644. The van der Waals surface area contributed by atoms with Crippen LogP contribution in [0.25, 0.3) is 22.2 Å². The molecule has 5 heteroatoms. The number of aromatic nitrogens is 3. The fourth-order valence-electron chi connectivity index (χ4n) is 2.62. The molecular formula is C19H13N5. The number of rotatable bonds is 3. The smallest absolute Gasteiger partial charge is 0.100 e. The molecule has 2 aromatic heterocycles. The lowest BCUT2D eigenvalue weighted by Gasteiger charge is -2.07. The van der Waals surface area contributed by atoms with Gasteiger partial charge in [0.25, 0.3) is 0 Å². The number of fused-ring (bicyclic) bond motifs is 1. The van der Waals surface area contributed by atoms with Crippen LogP contribution in [0.15, 0.2) is 67.0 Å². The Labute approximate surface area is 138 Å². The molecule has 0 saturated carbocycles. The Morgan fingerprint density at radius 2 is 1.67 bits per heavy atom. The first-order valence-electron chi connectivity index (χ1n) is 7.49. The van der Waals surface area contributed by atoms with Gasteiger partial charge in [0, 0.05) is 34.7 Å². The van der Waals surface area contributed by atoms with E-state index in [0.717, 1.165) is 33.5 Å². The van der Waals surface area contributed by atoms with E-state index >= 15 is 0 Å². The zero-order valence-corrected chi connectivity index (χ0v) is 12.7. The fraction of sp³-hybridized carbons (Fsp3) is 0. The van der Waals surface area contributed by atoms with Crippen LogP contribution in [0.2, 0.25) is 0 Å². The highest BCUT2D eigenvalue weighted by Gasteiger charge is 2.08. The molecule has 5 nitrogen and oxygen atoms in total. The first-order chi connectivity index (χ1) is 11.8. The summed E-state index contributed by atoms with van der Waals surface area (Å²) in [6, 6.07) is 19.4. The third-order valence-electron chi connectivity index (χ3n) is 3.82. The molecule has 0 radical (unpaired) electrons. The van der Waals surface area contributed by atoms with E-state index in [0.29, 0.717) is 5.56 Å². The second-order valence-corrected chi connectivity index (χ2v) is 5.38. The lowest BCUT2D eigenvalue weighted by atomic mass is 10.1. The van der Waals surface area contributed by atoms with Crippen molar-refractivity contribution in [3.05, 3.63) is 72.6 Å². The molecule has 2 N–H and O–H groups in total. The molecule has 0 bridgehead atoms. The molecule has 4 rings (SSSR count). The van der Waals surface area contributed by atoms with Crippen LogP contribution in [0.4, 0.5) is 11.4 Å². The van der Waals surface area contributed by atoms with Crippen molar-refractivity contribution in [2.75, 3.05) is 5.32 Å². The maximum atomic E-state index is 8.87. The molecule has 0 unspecified atom stereocenters. The van der Waals surface area contributed by atoms with Gasteiger partial charge in [0.1, 0.15) is 5.69 Å². The minimum Gasteiger partial charge on any atom is -0.356 e. The molecule has 2 heterocycles. The number of pyridine rings is 1. The number of H-pyrrole nitrogens is 1. The molecule has 0 spiro atoms. The van der Waals surface area contributed by atoms with Crippen molar-refractivity contribution in [2.24, 2.45) is 0 Å². The Kier molecular flexibility index (Phi) is 3.41. The third-order valence-corrected chi connectivity index (χ3v) is 3.82. The van der Waals surface area contributed by atoms with Crippen LogP contribution in [0, 0.1) is 11.3 Å². The Morgan fingerprint density at radius 3 is 2.42 bits per heavy atom. The van der Waals surface area contributed by atoms with E-state index in [4.69, 9.17) is 5.26 Å². The summed E-state index contributed by atoms with van der Waals surface area (Å²) in [6.45, 7) is 0.